The predicted molar refractivity (Wildman–Crippen MR) is 82.4 cm³/mol. The molecule has 0 aromatic heterocycles. The Labute approximate surface area is 136 Å². The summed E-state index contributed by atoms with van der Waals surface area (Å²) >= 11 is 17.7. The molecule has 2 N–H and O–H groups in total. The summed E-state index contributed by atoms with van der Waals surface area (Å²) < 4.78 is 0. The number of halogens is 3. The fourth-order valence-electron chi connectivity index (χ4n) is 2.18. The van der Waals surface area contributed by atoms with Crippen molar-refractivity contribution in [3.63, 3.8) is 0 Å². The first-order valence-electron chi connectivity index (χ1n) is 6.31. The maximum atomic E-state index is 12.2. The highest BCUT2D eigenvalue weighted by Gasteiger charge is 2.28. The van der Waals surface area contributed by atoms with Gasteiger partial charge in [-0.15, -0.1) is 0 Å². The number of urea groups is 1. The number of benzene rings is 1. The van der Waals surface area contributed by atoms with Crippen LogP contribution in [0.2, 0.25) is 15.1 Å². The third-order valence-corrected chi connectivity index (χ3v) is 4.34. The molecule has 1 aromatic carbocycles. The van der Waals surface area contributed by atoms with E-state index in [4.69, 9.17) is 39.9 Å². The first-order chi connectivity index (χ1) is 9.88. The molecule has 1 heterocycles. The first-order valence-corrected chi connectivity index (χ1v) is 7.45. The van der Waals surface area contributed by atoms with Crippen molar-refractivity contribution in [3.05, 3.63) is 27.2 Å². The minimum atomic E-state index is -0.889. The molecule has 0 bridgehead atoms. The molecule has 0 saturated carbocycles. The molecule has 114 valence electrons. The molecule has 1 saturated heterocycles. The lowest BCUT2D eigenvalue weighted by atomic mass is 9.99. The van der Waals surface area contributed by atoms with E-state index in [9.17, 15) is 9.59 Å². The number of aliphatic carboxylic acids is 1. The Morgan fingerprint density at radius 1 is 1.19 bits per heavy atom. The van der Waals surface area contributed by atoms with Gasteiger partial charge in [-0.1, -0.05) is 34.8 Å². The molecule has 0 unspecified atom stereocenters. The van der Waals surface area contributed by atoms with Crippen molar-refractivity contribution in [1.29, 1.82) is 0 Å². The standard InChI is InChI=1S/C13H13Cl3N2O3/c14-8-4-10(16)11(5-9(8)15)17-13(21)18-3-1-2-7(6-18)12(19)20/h4-5,7H,1-3,6H2,(H,17,21)(H,19,20)/t7-/m0/s1. The molecule has 1 aromatic rings. The average molecular weight is 352 g/mol. The zero-order chi connectivity index (χ0) is 15.6. The number of amides is 2. The third-order valence-electron chi connectivity index (χ3n) is 3.31. The normalized spacial score (nSPS) is 18.4. The van der Waals surface area contributed by atoms with Crippen LogP contribution in [0.3, 0.4) is 0 Å². The fourth-order valence-corrected chi connectivity index (χ4v) is 2.77. The van der Waals surface area contributed by atoms with Crippen LogP contribution in [0, 0.1) is 5.92 Å². The molecule has 1 aliphatic heterocycles. The van der Waals surface area contributed by atoms with E-state index in [1.165, 1.54) is 17.0 Å². The summed E-state index contributed by atoms with van der Waals surface area (Å²) in [5.41, 5.74) is 0.341. The molecule has 0 aliphatic carbocycles. The Hall–Kier alpha value is -1.17. The van der Waals surface area contributed by atoms with Gasteiger partial charge < -0.3 is 15.3 Å². The summed E-state index contributed by atoms with van der Waals surface area (Å²) in [6.07, 6.45) is 1.23. The van der Waals surface area contributed by atoms with Gasteiger partial charge in [-0.3, -0.25) is 4.79 Å². The van der Waals surface area contributed by atoms with Crippen molar-refractivity contribution in [1.82, 2.24) is 4.90 Å². The van der Waals surface area contributed by atoms with E-state index in [-0.39, 0.29) is 16.6 Å². The molecule has 0 spiro atoms. The number of carboxylic acid groups (broad SMARTS) is 1. The number of hydrogen-bond donors (Lipinski definition) is 2. The molecule has 0 radical (unpaired) electrons. The van der Waals surface area contributed by atoms with E-state index < -0.39 is 17.9 Å². The second-order valence-corrected chi connectivity index (χ2v) is 6.02. The van der Waals surface area contributed by atoms with E-state index in [1.807, 2.05) is 0 Å². The molecule has 21 heavy (non-hydrogen) atoms. The number of likely N-dealkylation sites (tertiary alicyclic amines) is 1. The number of carboxylic acids is 1. The summed E-state index contributed by atoms with van der Waals surface area (Å²) in [5, 5.41) is 12.5. The van der Waals surface area contributed by atoms with Gasteiger partial charge in [0.15, 0.2) is 0 Å². The summed E-state index contributed by atoms with van der Waals surface area (Å²) in [6.45, 7) is 0.689. The number of carbonyl (C=O) groups excluding carboxylic acids is 1. The van der Waals surface area contributed by atoms with Crippen LogP contribution in [0.5, 0.6) is 0 Å². The van der Waals surface area contributed by atoms with Gasteiger partial charge in [0.05, 0.1) is 26.7 Å². The Balaban J connectivity index is 2.07. The van der Waals surface area contributed by atoms with Gasteiger partial charge in [0.1, 0.15) is 0 Å². The molecule has 1 fully saturated rings. The monoisotopic (exact) mass is 350 g/mol. The van der Waals surface area contributed by atoms with Crippen LogP contribution in [-0.4, -0.2) is 35.1 Å². The minimum absolute atomic E-state index is 0.181. The maximum Gasteiger partial charge on any atom is 0.321 e. The molecule has 8 heteroatoms. The van der Waals surface area contributed by atoms with Crippen molar-refractivity contribution in [2.24, 2.45) is 5.92 Å². The van der Waals surface area contributed by atoms with Gasteiger partial charge in [-0.25, -0.2) is 4.79 Å². The lowest BCUT2D eigenvalue weighted by Crippen LogP contribution is -2.44. The molecule has 2 rings (SSSR count). The van der Waals surface area contributed by atoms with Crippen molar-refractivity contribution in [3.8, 4) is 0 Å². The zero-order valence-corrected chi connectivity index (χ0v) is 13.2. The highest BCUT2D eigenvalue weighted by atomic mass is 35.5. The van der Waals surface area contributed by atoms with E-state index in [1.54, 1.807) is 0 Å². The number of piperidine rings is 1. The van der Waals surface area contributed by atoms with Crippen LogP contribution < -0.4 is 5.32 Å². The molecule has 1 atom stereocenters. The number of hydrogen-bond acceptors (Lipinski definition) is 2. The Morgan fingerprint density at radius 3 is 2.52 bits per heavy atom. The van der Waals surface area contributed by atoms with Gasteiger partial charge in [0.2, 0.25) is 0 Å². The van der Waals surface area contributed by atoms with Crippen LogP contribution >= 0.6 is 34.8 Å². The van der Waals surface area contributed by atoms with Crippen molar-refractivity contribution >= 4 is 52.5 Å². The van der Waals surface area contributed by atoms with Gasteiger partial charge >= 0.3 is 12.0 Å². The van der Waals surface area contributed by atoms with E-state index in [0.29, 0.717) is 30.1 Å². The Bertz CT molecular complexity index is 580. The van der Waals surface area contributed by atoms with Crippen LogP contribution in [-0.2, 0) is 4.79 Å². The SMILES string of the molecule is O=C(O)[C@H]1CCCN(C(=O)Nc2cc(Cl)c(Cl)cc2Cl)C1. The van der Waals surface area contributed by atoms with E-state index >= 15 is 0 Å². The van der Waals surface area contributed by atoms with E-state index in [0.717, 1.165) is 0 Å². The molecule has 5 nitrogen and oxygen atoms in total. The Morgan fingerprint density at radius 2 is 1.86 bits per heavy atom. The molecular weight excluding hydrogens is 339 g/mol. The maximum absolute atomic E-state index is 12.2. The quantitative estimate of drug-likeness (QED) is 0.792. The topological polar surface area (TPSA) is 69.6 Å². The third kappa shape index (κ3) is 3.93. The van der Waals surface area contributed by atoms with Crippen LogP contribution in [0.15, 0.2) is 12.1 Å². The van der Waals surface area contributed by atoms with E-state index in [2.05, 4.69) is 5.32 Å². The highest BCUT2D eigenvalue weighted by molar-refractivity contribution is 6.44. The van der Waals surface area contributed by atoms with Gasteiger partial charge in [0.25, 0.3) is 0 Å². The number of rotatable bonds is 2. The van der Waals surface area contributed by atoms with Crippen molar-refractivity contribution < 1.29 is 14.7 Å². The number of carbonyl (C=O) groups is 2. The number of nitrogens with zero attached hydrogens (tertiary/aromatic N) is 1. The molecule has 1 aliphatic rings. The lowest BCUT2D eigenvalue weighted by molar-refractivity contribution is -0.143. The molecule has 2 amide bonds. The van der Waals surface area contributed by atoms with Crippen LogP contribution in [0.4, 0.5) is 10.5 Å². The van der Waals surface area contributed by atoms with Gasteiger partial charge in [0, 0.05) is 13.1 Å². The summed E-state index contributed by atoms with van der Waals surface area (Å²) in [7, 11) is 0. The van der Waals surface area contributed by atoms with Gasteiger partial charge in [-0.2, -0.15) is 0 Å². The Kier molecular flexibility index (Phi) is 5.19. The van der Waals surface area contributed by atoms with Crippen LogP contribution in [0.25, 0.3) is 0 Å². The van der Waals surface area contributed by atoms with Gasteiger partial charge in [-0.05, 0) is 25.0 Å². The predicted octanol–water partition coefficient (Wildman–Crippen LogP) is 3.98. The second kappa shape index (κ2) is 6.73. The van der Waals surface area contributed by atoms with Crippen LogP contribution in [0.1, 0.15) is 12.8 Å². The zero-order valence-electron chi connectivity index (χ0n) is 10.9. The van der Waals surface area contributed by atoms with Crippen molar-refractivity contribution in [2.75, 3.05) is 18.4 Å². The second-order valence-electron chi connectivity index (χ2n) is 4.80. The van der Waals surface area contributed by atoms with Crippen molar-refractivity contribution in [2.45, 2.75) is 12.8 Å². The minimum Gasteiger partial charge on any atom is -0.481 e. The average Bonchev–Trinajstić information content (AvgIpc) is 2.44. The summed E-state index contributed by atoms with van der Waals surface area (Å²) in [5.74, 6) is -1.42. The summed E-state index contributed by atoms with van der Waals surface area (Å²) in [4.78, 5) is 24.6. The fraction of sp³-hybridized carbons (Fsp3) is 0.385. The number of nitrogens with one attached hydrogen (secondary N) is 1. The summed E-state index contributed by atoms with van der Waals surface area (Å²) in [6, 6.07) is 2.50. The lowest BCUT2D eigenvalue weighted by Gasteiger charge is -2.30. The highest BCUT2D eigenvalue weighted by Crippen LogP contribution is 2.32. The first kappa shape index (κ1) is 16.2. The smallest absolute Gasteiger partial charge is 0.321 e. The number of anilines is 1. The molecular formula is C13H13Cl3N2O3. The largest absolute Gasteiger partial charge is 0.481 e.